The van der Waals surface area contributed by atoms with Gasteiger partial charge in [0.05, 0.1) is 17.7 Å². The minimum Gasteiger partial charge on any atom is -0.495 e. The second kappa shape index (κ2) is 16.5. The first-order chi connectivity index (χ1) is 22.5. The van der Waals surface area contributed by atoms with Gasteiger partial charge in [0.25, 0.3) is 10.0 Å². The molecule has 0 aromatic heterocycles. The van der Waals surface area contributed by atoms with E-state index in [2.05, 4.69) is 5.32 Å². The lowest BCUT2D eigenvalue weighted by atomic mass is 10.0. The quantitative estimate of drug-likeness (QED) is 0.141. The molecule has 10 heteroatoms. The van der Waals surface area contributed by atoms with Gasteiger partial charge in [0.15, 0.2) is 0 Å². The van der Waals surface area contributed by atoms with E-state index in [9.17, 15) is 18.0 Å². The molecule has 47 heavy (non-hydrogen) atoms. The van der Waals surface area contributed by atoms with Gasteiger partial charge in [-0.25, -0.2) is 8.42 Å². The number of ether oxygens (including phenoxy) is 1. The molecule has 0 unspecified atom stereocenters. The standard InChI is InChI=1S/C37H42ClN3O5S/c1-5-6-21-39-37(43)34(24-29-11-8-7-9-12-29)40(25-30-13-10-14-31(38)23-30)36(42)26-41(33-22-28(3)17-20-35(33)46-4)47(44,45)32-18-15-27(2)16-19-32/h7-20,22-23,34H,5-6,21,24-26H2,1-4H3,(H,39,43)/t34-/m0/s1. The van der Waals surface area contributed by atoms with Crippen LogP contribution >= 0.6 is 11.6 Å². The van der Waals surface area contributed by atoms with Gasteiger partial charge in [0, 0.05) is 24.5 Å². The highest BCUT2D eigenvalue weighted by molar-refractivity contribution is 7.92. The minimum atomic E-state index is -4.27. The highest BCUT2D eigenvalue weighted by Gasteiger charge is 2.35. The molecule has 8 nitrogen and oxygen atoms in total. The summed E-state index contributed by atoms with van der Waals surface area (Å²) < 4.78 is 35.4. The summed E-state index contributed by atoms with van der Waals surface area (Å²) in [6.45, 7) is 5.64. The molecule has 0 saturated heterocycles. The van der Waals surface area contributed by atoms with Crippen molar-refractivity contribution in [2.24, 2.45) is 0 Å². The molecule has 1 N–H and O–H groups in total. The lowest BCUT2D eigenvalue weighted by Gasteiger charge is -2.34. The van der Waals surface area contributed by atoms with E-state index in [4.69, 9.17) is 16.3 Å². The Bertz CT molecular complexity index is 1760. The van der Waals surface area contributed by atoms with Gasteiger partial charge in [-0.05, 0) is 73.4 Å². The van der Waals surface area contributed by atoms with Crippen molar-refractivity contribution < 1.29 is 22.7 Å². The second-order valence-corrected chi connectivity index (χ2v) is 13.8. The van der Waals surface area contributed by atoms with Crippen LogP contribution in [0.2, 0.25) is 5.02 Å². The normalized spacial score (nSPS) is 11.9. The maximum Gasteiger partial charge on any atom is 0.264 e. The number of anilines is 1. The summed E-state index contributed by atoms with van der Waals surface area (Å²) in [6, 6.07) is 27.2. The van der Waals surface area contributed by atoms with Gasteiger partial charge in [-0.15, -0.1) is 0 Å². The van der Waals surface area contributed by atoms with Crippen molar-refractivity contribution in [3.05, 3.63) is 124 Å². The summed E-state index contributed by atoms with van der Waals surface area (Å²) in [5.74, 6) is -0.590. The van der Waals surface area contributed by atoms with Crippen molar-refractivity contribution >= 4 is 39.1 Å². The van der Waals surface area contributed by atoms with Crippen LogP contribution in [-0.4, -0.2) is 51.4 Å². The number of amides is 2. The summed E-state index contributed by atoms with van der Waals surface area (Å²) in [7, 11) is -2.81. The Kier molecular flexibility index (Phi) is 12.4. The number of nitrogens with zero attached hydrogens (tertiary/aromatic N) is 2. The number of aryl methyl sites for hydroxylation is 2. The molecule has 0 radical (unpaired) electrons. The van der Waals surface area contributed by atoms with Crippen LogP contribution in [0.15, 0.2) is 102 Å². The van der Waals surface area contributed by atoms with E-state index in [1.54, 1.807) is 42.5 Å². The molecule has 0 aliphatic heterocycles. The zero-order valence-electron chi connectivity index (χ0n) is 27.3. The molecule has 0 aliphatic rings. The van der Waals surface area contributed by atoms with Crippen molar-refractivity contribution in [3.8, 4) is 5.75 Å². The molecule has 4 rings (SSSR count). The zero-order valence-corrected chi connectivity index (χ0v) is 28.9. The molecule has 1 atom stereocenters. The number of nitrogens with one attached hydrogen (secondary N) is 1. The SMILES string of the molecule is CCCCNC(=O)[C@H](Cc1ccccc1)N(Cc1cccc(Cl)c1)C(=O)CN(c1cc(C)ccc1OC)S(=O)(=O)c1ccc(C)cc1. The van der Waals surface area contributed by atoms with Crippen LogP contribution in [-0.2, 0) is 32.6 Å². The number of rotatable bonds is 15. The molecular formula is C37H42ClN3O5S. The summed E-state index contributed by atoms with van der Waals surface area (Å²) in [6.07, 6.45) is 1.89. The number of unbranched alkanes of at least 4 members (excludes halogenated alkanes) is 1. The predicted molar refractivity (Wildman–Crippen MR) is 187 cm³/mol. The van der Waals surface area contributed by atoms with Crippen molar-refractivity contribution in [1.29, 1.82) is 0 Å². The van der Waals surface area contributed by atoms with Gasteiger partial charge in [0.1, 0.15) is 18.3 Å². The molecule has 0 bridgehead atoms. The summed E-state index contributed by atoms with van der Waals surface area (Å²) in [5.41, 5.74) is 3.45. The van der Waals surface area contributed by atoms with Crippen molar-refractivity contribution in [2.75, 3.05) is 24.5 Å². The Balaban J connectivity index is 1.84. The molecule has 4 aromatic rings. The fourth-order valence-electron chi connectivity index (χ4n) is 5.24. The maximum absolute atomic E-state index is 14.7. The smallest absolute Gasteiger partial charge is 0.264 e. The number of carbonyl (C=O) groups excluding carboxylic acids is 2. The minimum absolute atomic E-state index is 0.0268. The number of hydrogen-bond donors (Lipinski definition) is 1. The highest BCUT2D eigenvalue weighted by atomic mass is 35.5. The largest absolute Gasteiger partial charge is 0.495 e. The first-order valence-corrected chi connectivity index (χ1v) is 17.4. The van der Waals surface area contributed by atoms with Crippen molar-refractivity contribution in [2.45, 2.75) is 57.5 Å². The predicted octanol–water partition coefficient (Wildman–Crippen LogP) is 6.72. The summed E-state index contributed by atoms with van der Waals surface area (Å²) >= 11 is 6.33. The van der Waals surface area contributed by atoms with E-state index in [0.29, 0.717) is 22.9 Å². The molecular weight excluding hydrogens is 634 g/mol. The Morgan fingerprint density at radius 2 is 1.55 bits per heavy atom. The van der Waals surface area contributed by atoms with Crippen molar-refractivity contribution in [1.82, 2.24) is 10.2 Å². The van der Waals surface area contributed by atoms with Gasteiger partial charge >= 0.3 is 0 Å². The monoisotopic (exact) mass is 675 g/mol. The fraction of sp³-hybridized carbons (Fsp3) is 0.297. The number of sulfonamides is 1. The van der Waals surface area contributed by atoms with Crippen molar-refractivity contribution in [3.63, 3.8) is 0 Å². The Hall–Kier alpha value is -4.34. The van der Waals surface area contributed by atoms with Gasteiger partial charge in [-0.3, -0.25) is 13.9 Å². The molecule has 248 valence electrons. The molecule has 2 amide bonds. The van der Waals surface area contributed by atoms with Crippen LogP contribution in [0.3, 0.4) is 0 Å². The third-order valence-electron chi connectivity index (χ3n) is 7.83. The van der Waals surface area contributed by atoms with E-state index < -0.39 is 28.5 Å². The molecule has 0 saturated carbocycles. The summed E-state index contributed by atoms with van der Waals surface area (Å²) in [4.78, 5) is 30.0. The topological polar surface area (TPSA) is 96.0 Å². The average molecular weight is 676 g/mol. The molecule has 0 fully saturated rings. The number of halogens is 1. The van der Waals surface area contributed by atoms with Crippen LogP contribution in [0.1, 0.15) is 42.0 Å². The Morgan fingerprint density at radius 3 is 2.21 bits per heavy atom. The number of hydrogen-bond acceptors (Lipinski definition) is 5. The van der Waals surface area contributed by atoms with Crippen LogP contribution in [0, 0.1) is 13.8 Å². The number of carbonyl (C=O) groups is 2. The first-order valence-electron chi connectivity index (χ1n) is 15.6. The van der Waals surface area contributed by atoms with E-state index in [0.717, 1.165) is 33.8 Å². The maximum atomic E-state index is 14.7. The molecule has 4 aromatic carbocycles. The molecule has 0 spiro atoms. The fourth-order valence-corrected chi connectivity index (χ4v) is 6.87. The number of benzene rings is 4. The molecule has 0 heterocycles. The van der Waals surface area contributed by atoms with Gasteiger partial charge in [-0.1, -0.05) is 91.2 Å². The lowest BCUT2D eigenvalue weighted by molar-refractivity contribution is -0.140. The zero-order chi connectivity index (χ0) is 34.0. The van der Waals surface area contributed by atoms with E-state index >= 15 is 0 Å². The van der Waals surface area contributed by atoms with E-state index in [1.165, 1.54) is 24.1 Å². The van der Waals surface area contributed by atoms with Crippen LogP contribution < -0.4 is 14.4 Å². The molecule has 0 aliphatic carbocycles. The van der Waals surface area contributed by atoms with Gasteiger partial charge < -0.3 is 15.0 Å². The third kappa shape index (κ3) is 9.36. The number of methoxy groups -OCH3 is 1. The van der Waals surface area contributed by atoms with Gasteiger partial charge in [0.2, 0.25) is 11.8 Å². The van der Waals surface area contributed by atoms with Gasteiger partial charge in [-0.2, -0.15) is 0 Å². The van der Waals surface area contributed by atoms with Crippen LogP contribution in [0.4, 0.5) is 5.69 Å². The second-order valence-electron chi connectivity index (χ2n) is 11.5. The highest BCUT2D eigenvalue weighted by Crippen LogP contribution is 2.34. The Labute approximate surface area is 283 Å². The first kappa shape index (κ1) is 35.5. The summed E-state index contributed by atoms with van der Waals surface area (Å²) in [5, 5.41) is 3.48. The lowest BCUT2D eigenvalue weighted by Crippen LogP contribution is -2.53. The van der Waals surface area contributed by atoms with Crippen LogP contribution in [0.25, 0.3) is 0 Å². The van der Waals surface area contributed by atoms with E-state index in [-0.39, 0.29) is 29.5 Å². The Morgan fingerprint density at radius 1 is 0.872 bits per heavy atom. The van der Waals surface area contributed by atoms with Crippen LogP contribution in [0.5, 0.6) is 5.75 Å². The van der Waals surface area contributed by atoms with E-state index in [1.807, 2.05) is 63.2 Å². The average Bonchev–Trinajstić information content (AvgIpc) is 3.05. The third-order valence-corrected chi connectivity index (χ3v) is 9.84.